The highest BCUT2D eigenvalue weighted by Gasteiger charge is 2.34. The zero-order valence-electron chi connectivity index (χ0n) is 10.6. The number of nitrogens with two attached hydrogens (primary N) is 1. The van der Waals surface area contributed by atoms with E-state index in [0.29, 0.717) is 12.5 Å². The summed E-state index contributed by atoms with van der Waals surface area (Å²) in [5.74, 6) is -3.55. The lowest BCUT2D eigenvalue weighted by Crippen LogP contribution is -2.40. The number of aromatic carboxylic acids is 1. The second kappa shape index (κ2) is 5.13. The average molecular weight is 270 g/mol. The molecule has 2 rings (SSSR count). The number of carboxylic acids is 1. The van der Waals surface area contributed by atoms with Crippen molar-refractivity contribution < 1.29 is 18.7 Å². The predicted octanol–water partition coefficient (Wildman–Crippen LogP) is 1.84. The number of halogens is 2. The van der Waals surface area contributed by atoms with Gasteiger partial charge in [0.25, 0.3) is 0 Å². The molecule has 0 spiro atoms. The van der Waals surface area contributed by atoms with Crippen LogP contribution in [0.25, 0.3) is 0 Å². The maximum Gasteiger partial charge on any atom is 0.338 e. The zero-order chi connectivity index (χ0) is 14.2. The van der Waals surface area contributed by atoms with Crippen molar-refractivity contribution in [1.29, 1.82) is 0 Å². The van der Waals surface area contributed by atoms with Gasteiger partial charge in [-0.05, 0) is 30.9 Å². The van der Waals surface area contributed by atoms with Gasteiger partial charge in [-0.15, -0.1) is 0 Å². The number of carbonyl (C=O) groups is 1. The number of nitrogens with zero attached hydrogens (tertiary/aromatic N) is 1. The lowest BCUT2D eigenvalue weighted by Gasteiger charge is -2.29. The molecule has 1 aliphatic rings. The molecule has 0 radical (unpaired) electrons. The van der Waals surface area contributed by atoms with E-state index >= 15 is 0 Å². The molecule has 1 unspecified atom stereocenters. The molecule has 3 N–H and O–H groups in total. The molecule has 4 nitrogen and oxygen atoms in total. The summed E-state index contributed by atoms with van der Waals surface area (Å²) in [4.78, 5) is 12.3. The first-order valence-corrected chi connectivity index (χ1v) is 6.11. The maximum absolute atomic E-state index is 13.9. The molecule has 1 fully saturated rings. The Balaban J connectivity index is 2.34. The first-order valence-electron chi connectivity index (χ1n) is 6.11. The molecule has 1 aliphatic carbocycles. The second-order valence-electron chi connectivity index (χ2n) is 4.82. The van der Waals surface area contributed by atoms with E-state index in [1.807, 2.05) is 0 Å². The summed E-state index contributed by atoms with van der Waals surface area (Å²) in [7, 11) is 1.65. The third-order valence-corrected chi connectivity index (χ3v) is 3.58. The number of carboxylic acid groups (broad SMARTS) is 1. The maximum atomic E-state index is 13.9. The number of hydrogen-bond acceptors (Lipinski definition) is 3. The van der Waals surface area contributed by atoms with E-state index in [2.05, 4.69) is 0 Å². The van der Waals surface area contributed by atoms with Crippen LogP contribution in [0.15, 0.2) is 12.1 Å². The van der Waals surface area contributed by atoms with Crippen LogP contribution in [0.4, 0.5) is 14.5 Å². The van der Waals surface area contributed by atoms with Crippen LogP contribution < -0.4 is 10.6 Å². The quantitative estimate of drug-likeness (QED) is 0.856. The molecule has 1 atom stereocenters. The average Bonchev–Trinajstić information content (AvgIpc) is 3.17. The largest absolute Gasteiger partial charge is 0.478 e. The molecule has 0 aromatic heterocycles. The van der Waals surface area contributed by atoms with E-state index in [-0.39, 0.29) is 11.7 Å². The summed E-state index contributed by atoms with van der Waals surface area (Å²) in [6, 6.07) is 2.31. The highest BCUT2D eigenvalue weighted by Crippen LogP contribution is 2.37. The van der Waals surface area contributed by atoms with E-state index in [0.717, 1.165) is 18.9 Å². The van der Waals surface area contributed by atoms with Gasteiger partial charge in [-0.3, -0.25) is 0 Å². The van der Waals surface area contributed by atoms with Crippen molar-refractivity contribution in [2.45, 2.75) is 18.9 Å². The summed E-state index contributed by atoms with van der Waals surface area (Å²) in [5, 5.41) is 8.73. The standard InChI is InChI=1S/C13H16F2N2O2/c1-17(10(6-16)7-2-3-7)9-5-4-8(13(18)19)11(14)12(9)15/h4-5,7,10H,2-3,6,16H2,1H3,(H,18,19). The van der Waals surface area contributed by atoms with Crippen molar-refractivity contribution in [3.05, 3.63) is 29.3 Å². The van der Waals surface area contributed by atoms with E-state index in [1.165, 1.54) is 6.07 Å². The van der Waals surface area contributed by atoms with E-state index in [9.17, 15) is 13.6 Å². The van der Waals surface area contributed by atoms with E-state index < -0.39 is 23.2 Å². The molecule has 0 saturated heterocycles. The van der Waals surface area contributed by atoms with Gasteiger partial charge < -0.3 is 15.7 Å². The first kappa shape index (κ1) is 13.7. The van der Waals surface area contributed by atoms with Gasteiger partial charge in [0.2, 0.25) is 0 Å². The Morgan fingerprint density at radius 1 is 1.47 bits per heavy atom. The fourth-order valence-corrected chi connectivity index (χ4v) is 2.30. The van der Waals surface area contributed by atoms with Gasteiger partial charge >= 0.3 is 5.97 Å². The molecular formula is C13H16F2N2O2. The number of anilines is 1. The second-order valence-corrected chi connectivity index (χ2v) is 4.82. The lowest BCUT2D eigenvalue weighted by atomic mass is 10.1. The number of benzene rings is 1. The molecule has 104 valence electrons. The Kier molecular flexibility index (Phi) is 3.71. The predicted molar refractivity (Wildman–Crippen MR) is 67.3 cm³/mol. The summed E-state index contributed by atoms with van der Waals surface area (Å²) in [6.45, 7) is 0.350. The van der Waals surface area contributed by atoms with Crippen LogP contribution in [-0.4, -0.2) is 30.7 Å². The topological polar surface area (TPSA) is 66.6 Å². The van der Waals surface area contributed by atoms with Crippen molar-refractivity contribution in [1.82, 2.24) is 0 Å². The van der Waals surface area contributed by atoms with Gasteiger partial charge in [0.05, 0.1) is 11.3 Å². The van der Waals surface area contributed by atoms with Crippen LogP contribution in [0, 0.1) is 17.6 Å². The highest BCUT2D eigenvalue weighted by molar-refractivity contribution is 5.88. The minimum Gasteiger partial charge on any atom is -0.478 e. The number of hydrogen-bond donors (Lipinski definition) is 2. The van der Waals surface area contributed by atoms with E-state index in [1.54, 1.807) is 11.9 Å². The molecule has 0 amide bonds. The summed E-state index contributed by atoms with van der Waals surface area (Å²) < 4.78 is 27.6. The van der Waals surface area contributed by atoms with Crippen molar-refractivity contribution >= 4 is 11.7 Å². The van der Waals surface area contributed by atoms with Crippen LogP contribution in [-0.2, 0) is 0 Å². The number of likely N-dealkylation sites (N-methyl/N-ethyl adjacent to an activating group) is 1. The molecule has 0 bridgehead atoms. The van der Waals surface area contributed by atoms with Crippen LogP contribution in [0.5, 0.6) is 0 Å². The first-order chi connectivity index (χ1) is 8.97. The molecular weight excluding hydrogens is 254 g/mol. The van der Waals surface area contributed by atoms with Crippen molar-refractivity contribution in [2.24, 2.45) is 11.7 Å². The van der Waals surface area contributed by atoms with Crippen molar-refractivity contribution in [3.8, 4) is 0 Å². The molecule has 1 saturated carbocycles. The zero-order valence-corrected chi connectivity index (χ0v) is 10.6. The van der Waals surface area contributed by atoms with Gasteiger partial charge in [0.1, 0.15) is 0 Å². The highest BCUT2D eigenvalue weighted by atomic mass is 19.2. The van der Waals surface area contributed by atoms with Gasteiger partial charge in [0, 0.05) is 19.6 Å². The normalized spacial score (nSPS) is 16.2. The minimum atomic E-state index is -1.48. The van der Waals surface area contributed by atoms with Crippen LogP contribution in [0.2, 0.25) is 0 Å². The van der Waals surface area contributed by atoms with Crippen molar-refractivity contribution in [3.63, 3.8) is 0 Å². The fourth-order valence-electron chi connectivity index (χ4n) is 2.30. The Bertz CT molecular complexity index is 504. The van der Waals surface area contributed by atoms with E-state index in [4.69, 9.17) is 10.8 Å². The Morgan fingerprint density at radius 3 is 2.58 bits per heavy atom. The molecule has 6 heteroatoms. The minimum absolute atomic E-state index is 0.0462. The van der Waals surface area contributed by atoms with Gasteiger partial charge in [-0.25, -0.2) is 13.6 Å². The smallest absolute Gasteiger partial charge is 0.338 e. The SMILES string of the molecule is CN(c1ccc(C(=O)O)c(F)c1F)C(CN)C1CC1. The number of rotatable bonds is 5. The molecule has 1 aromatic carbocycles. The molecule has 0 heterocycles. The third-order valence-electron chi connectivity index (χ3n) is 3.58. The van der Waals surface area contributed by atoms with Gasteiger partial charge in [-0.2, -0.15) is 0 Å². The van der Waals surface area contributed by atoms with Crippen LogP contribution in [0.3, 0.4) is 0 Å². The summed E-state index contributed by atoms with van der Waals surface area (Å²) in [6.07, 6.45) is 2.06. The van der Waals surface area contributed by atoms with Gasteiger partial charge in [0.15, 0.2) is 11.6 Å². The Hall–Kier alpha value is -1.69. The summed E-state index contributed by atoms with van der Waals surface area (Å²) in [5.41, 5.74) is 5.05. The van der Waals surface area contributed by atoms with Gasteiger partial charge in [-0.1, -0.05) is 0 Å². The fraction of sp³-hybridized carbons (Fsp3) is 0.462. The lowest BCUT2D eigenvalue weighted by molar-refractivity contribution is 0.0690. The Labute approximate surface area is 109 Å². The monoisotopic (exact) mass is 270 g/mol. The summed E-state index contributed by atoms with van der Waals surface area (Å²) >= 11 is 0. The molecule has 0 aliphatic heterocycles. The van der Waals surface area contributed by atoms with Crippen LogP contribution >= 0.6 is 0 Å². The Morgan fingerprint density at radius 2 is 2.11 bits per heavy atom. The third kappa shape index (κ3) is 2.53. The van der Waals surface area contributed by atoms with Crippen LogP contribution in [0.1, 0.15) is 23.2 Å². The molecule has 19 heavy (non-hydrogen) atoms. The van der Waals surface area contributed by atoms with Crippen molar-refractivity contribution in [2.75, 3.05) is 18.5 Å². The molecule has 1 aromatic rings.